The van der Waals surface area contributed by atoms with E-state index in [2.05, 4.69) is 20.8 Å². The average Bonchev–Trinajstić information content (AvgIpc) is 3.27. The van der Waals surface area contributed by atoms with Gasteiger partial charge in [-0.25, -0.2) is 10.1 Å². The molecule has 6 nitrogen and oxygen atoms in total. The Morgan fingerprint density at radius 3 is 2.81 bits per heavy atom. The minimum Gasteiger partial charge on any atom is -0.326 e. The zero-order valence-electron chi connectivity index (χ0n) is 11.4. The molecular formula is C15H15N5O. The number of fused-ring (bicyclic) bond motifs is 1. The fourth-order valence-corrected chi connectivity index (χ4v) is 2.62. The molecule has 0 radical (unpaired) electrons. The number of hydrogen-bond donors (Lipinski definition) is 2. The molecule has 2 heterocycles. The van der Waals surface area contributed by atoms with Crippen LogP contribution in [0.2, 0.25) is 0 Å². The van der Waals surface area contributed by atoms with Crippen molar-refractivity contribution in [2.75, 3.05) is 0 Å². The highest BCUT2D eigenvalue weighted by Gasteiger charge is 2.29. The number of nitrogens with two attached hydrogens (primary N) is 1. The van der Waals surface area contributed by atoms with Crippen molar-refractivity contribution in [1.29, 1.82) is 0 Å². The predicted octanol–water partition coefficient (Wildman–Crippen LogP) is 1.58. The van der Waals surface area contributed by atoms with Gasteiger partial charge < -0.3 is 10.3 Å². The first-order chi connectivity index (χ1) is 10.3. The van der Waals surface area contributed by atoms with Crippen LogP contribution < -0.4 is 11.3 Å². The highest BCUT2D eigenvalue weighted by atomic mass is 16.1. The molecule has 1 saturated carbocycles. The maximum atomic E-state index is 11.2. The Kier molecular flexibility index (Phi) is 2.65. The Bertz CT molecular complexity index is 855. The van der Waals surface area contributed by atoms with Crippen LogP contribution in [0.15, 0.2) is 35.1 Å². The number of rotatable bonds is 3. The van der Waals surface area contributed by atoms with Gasteiger partial charge in [-0.2, -0.15) is 5.10 Å². The maximum absolute atomic E-state index is 11.2. The van der Waals surface area contributed by atoms with Crippen LogP contribution in [0.4, 0.5) is 0 Å². The lowest BCUT2D eigenvalue weighted by atomic mass is 10.2. The molecule has 0 atom stereocenters. The van der Waals surface area contributed by atoms with Crippen LogP contribution in [0.1, 0.15) is 24.4 Å². The quantitative estimate of drug-likeness (QED) is 0.762. The molecule has 0 amide bonds. The number of benzene rings is 1. The van der Waals surface area contributed by atoms with Gasteiger partial charge in [-0.05, 0) is 36.6 Å². The number of imidazole rings is 1. The summed E-state index contributed by atoms with van der Waals surface area (Å²) in [6, 6.07) is 9.78. The number of H-pyrrole nitrogens is 1. The fraction of sp³-hybridized carbons (Fsp3) is 0.267. The van der Waals surface area contributed by atoms with Gasteiger partial charge in [0.25, 0.3) is 5.56 Å². The molecule has 1 aliphatic rings. The van der Waals surface area contributed by atoms with Crippen LogP contribution in [0.25, 0.3) is 22.6 Å². The van der Waals surface area contributed by atoms with E-state index in [0.29, 0.717) is 18.3 Å². The SMILES string of the molecule is NCc1ccc2c(c1)nc(-c1ccc(=O)[nH]n1)n2C1CC1. The number of aromatic amines is 1. The van der Waals surface area contributed by atoms with E-state index in [1.54, 1.807) is 6.07 Å². The van der Waals surface area contributed by atoms with E-state index in [1.807, 2.05) is 12.1 Å². The van der Waals surface area contributed by atoms with Crippen molar-refractivity contribution in [3.8, 4) is 11.5 Å². The monoisotopic (exact) mass is 281 g/mol. The second-order valence-corrected chi connectivity index (χ2v) is 5.37. The lowest BCUT2D eigenvalue weighted by Gasteiger charge is -2.06. The summed E-state index contributed by atoms with van der Waals surface area (Å²) in [5, 5.41) is 6.58. The minimum atomic E-state index is -0.210. The summed E-state index contributed by atoms with van der Waals surface area (Å²) in [5.41, 5.74) is 9.25. The normalized spacial score (nSPS) is 14.7. The zero-order chi connectivity index (χ0) is 14.4. The van der Waals surface area contributed by atoms with Gasteiger partial charge in [-0.3, -0.25) is 4.79 Å². The first-order valence-electron chi connectivity index (χ1n) is 7.03. The molecule has 4 rings (SSSR count). The molecule has 0 spiro atoms. The standard InChI is InChI=1S/C15H15N5O/c16-8-9-1-5-13-12(7-9)17-15(20(13)10-2-3-10)11-4-6-14(21)19-18-11/h1,4-7,10H,2-3,8,16H2,(H,19,21). The molecule has 0 aliphatic heterocycles. The van der Waals surface area contributed by atoms with E-state index < -0.39 is 0 Å². The summed E-state index contributed by atoms with van der Waals surface area (Å²) in [6.45, 7) is 0.498. The molecule has 106 valence electrons. The third-order valence-corrected chi connectivity index (χ3v) is 3.81. The lowest BCUT2D eigenvalue weighted by molar-refractivity contribution is 0.768. The van der Waals surface area contributed by atoms with Gasteiger partial charge in [-0.1, -0.05) is 6.07 Å². The largest absolute Gasteiger partial charge is 0.326 e. The first kappa shape index (κ1) is 12.3. The van der Waals surface area contributed by atoms with E-state index in [-0.39, 0.29) is 5.56 Å². The summed E-state index contributed by atoms with van der Waals surface area (Å²) < 4.78 is 2.22. The molecular weight excluding hydrogens is 266 g/mol. The van der Waals surface area contributed by atoms with Gasteiger partial charge >= 0.3 is 0 Å². The maximum Gasteiger partial charge on any atom is 0.264 e. The summed E-state index contributed by atoms with van der Waals surface area (Å²) in [4.78, 5) is 15.9. The van der Waals surface area contributed by atoms with E-state index >= 15 is 0 Å². The third-order valence-electron chi connectivity index (χ3n) is 3.81. The van der Waals surface area contributed by atoms with Crippen molar-refractivity contribution in [2.45, 2.75) is 25.4 Å². The van der Waals surface area contributed by atoms with Crippen molar-refractivity contribution in [3.63, 3.8) is 0 Å². The molecule has 1 aliphatic carbocycles. The summed E-state index contributed by atoms with van der Waals surface area (Å²) in [6.07, 6.45) is 2.31. The van der Waals surface area contributed by atoms with Crippen LogP contribution in [-0.4, -0.2) is 19.7 Å². The second-order valence-electron chi connectivity index (χ2n) is 5.37. The summed E-state index contributed by atoms with van der Waals surface area (Å²) >= 11 is 0. The smallest absolute Gasteiger partial charge is 0.264 e. The van der Waals surface area contributed by atoms with Crippen LogP contribution in [0.3, 0.4) is 0 Å². The van der Waals surface area contributed by atoms with Crippen LogP contribution in [0.5, 0.6) is 0 Å². The highest BCUT2D eigenvalue weighted by molar-refractivity contribution is 5.81. The van der Waals surface area contributed by atoms with Crippen molar-refractivity contribution in [3.05, 3.63) is 46.2 Å². The molecule has 21 heavy (non-hydrogen) atoms. The molecule has 3 aromatic rings. The van der Waals surface area contributed by atoms with Gasteiger partial charge in [0.15, 0.2) is 5.82 Å². The molecule has 3 N–H and O–H groups in total. The van der Waals surface area contributed by atoms with Crippen molar-refractivity contribution in [1.82, 2.24) is 19.7 Å². The Morgan fingerprint density at radius 1 is 1.29 bits per heavy atom. The molecule has 1 fully saturated rings. The average molecular weight is 281 g/mol. The summed E-state index contributed by atoms with van der Waals surface area (Å²) in [7, 11) is 0. The number of nitrogens with one attached hydrogen (secondary N) is 1. The van der Waals surface area contributed by atoms with Gasteiger partial charge in [0.2, 0.25) is 0 Å². The topological polar surface area (TPSA) is 89.6 Å². The van der Waals surface area contributed by atoms with Crippen LogP contribution in [-0.2, 0) is 6.54 Å². The van der Waals surface area contributed by atoms with Crippen LogP contribution >= 0.6 is 0 Å². The van der Waals surface area contributed by atoms with E-state index in [9.17, 15) is 4.79 Å². The van der Waals surface area contributed by atoms with Gasteiger partial charge in [0.05, 0.1) is 11.0 Å². The second kappa shape index (κ2) is 4.53. The van der Waals surface area contributed by atoms with Gasteiger partial charge in [0, 0.05) is 18.7 Å². The number of nitrogens with zero attached hydrogens (tertiary/aromatic N) is 3. The molecule has 0 bridgehead atoms. The Balaban J connectivity index is 1.96. The molecule has 1 aromatic carbocycles. The Morgan fingerprint density at radius 2 is 2.14 bits per heavy atom. The van der Waals surface area contributed by atoms with Gasteiger partial charge in [-0.15, -0.1) is 0 Å². The Labute approximate surface area is 120 Å². The number of aromatic nitrogens is 4. The van der Waals surface area contributed by atoms with Crippen LogP contribution in [0, 0.1) is 0 Å². The number of hydrogen-bond acceptors (Lipinski definition) is 4. The van der Waals surface area contributed by atoms with Crippen molar-refractivity contribution in [2.24, 2.45) is 5.73 Å². The van der Waals surface area contributed by atoms with E-state index in [4.69, 9.17) is 10.7 Å². The molecule has 6 heteroatoms. The minimum absolute atomic E-state index is 0.210. The zero-order valence-corrected chi connectivity index (χ0v) is 11.4. The molecule has 0 saturated heterocycles. The van der Waals surface area contributed by atoms with Crippen molar-refractivity contribution < 1.29 is 0 Å². The molecule has 0 unspecified atom stereocenters. The van der Waals surface area contributed by atoms with E-state index in [1.165, 1.54) is 6.07 Å². The predicted molar refractivity (Wildman–Crippen MR) is 79.7 cm³/mol. The fourth-order valence-electron chi connectivity index (χ4n) is 2.62. The van der Waals surface area contributed by atoms with E-state index in [0.717, 1.165) is 35.3 Å². The van der Waals surface area contributed by atoms with Gasteiger partial charge in [0.1, 0.15) is 5.69 Å². The Hall–Kier alpha value is -2.47. The third kappa shape index (κ3) is 2.04. The molecule has 2 aromatic heterocycles. The highest BCUT2D eigenvalue weighted by Crippen LogP contribution is 2.40. The van der Waals surface area contributed by atoms with Crippen molar-refractivity contribution >= 4 is 11.0 Å². The summed E-state index contributed by atoms with van der Waals surface area (Å²) in [5.74, 6) is 0.804. The first-order valence-corrected chi connectivity index (χ1v) is 7.03. The lowest BCUT2D eigenvalue weighted by Crippen LogP contribution is -2.07.